The molecule has 5 heteroatoms. The van der Waals surface area contributed by atoms with Crippen LogP contribution < -0.4 is 5.32 Å². The van der Waals surface area contributed by atoms with Gasteiger partial charge in [-0.15, -0.1) is 0 Å². The number of rotatable bonds is 3. The highest BCUT2D eigenvalue weighted by Gasteiger charge is 2.46. The lowest BCUT2D eigenvalue weighted by molar-refractivity contribution is -0.133. The summed E-state index contributed by atoms with van der Waals surface area (Å²) in [5, 5.41) is 3.23. The first-order chi connectivity index (χ1) is 11.2. The predicted molar refractivity (Wildman–Crippen MR) is 85.6 cm³/mol. The van der Waals surface area contributed by atoms with E-state index >= 15 is 0 Å². The number of carbonyl (C=O) groups is 2. The SMILES string of the molecule is O=C1NC2(CCN(C(=O)CC3CC3)CC2)C[C@H]1c1ccncc1. The molecule has 0 bridgehead atoms. The van der Waals surface area contributed by atoms with Crippen LogP contribution in [0.15, 0.2) is 24.5 Å². The van der Waals surface area contributed by atoms with Gasteiger partial charge in [-0.1, -0.05) is 0 Å². The number of nitrogens with zero attached hydrogens (tertiary/aromatic N) is 2. The third kappa shape index (κ3) is 2.96. The third-order valence-electron chi connectivity index (χ3n) is 5.64. The Hall–Kier alpha value is -1.91. The molecule has 0 unspecified atom stereocenters. The number of pyridine rings is 1. The highest BCUT2D eigenvalue weighted by molar-refractivity contribution is 5.87. The van der Waals surface area contributed by atoms with Gasteiger partial charge in [-0.25, -0.2) is 0 Å². The molecule has 23 heavy (non-hydrogen) atoms. The molecule has 5 nitrogen and oxygen atoms in total. The van der Waals surface area contributed by atoms with Crippen LogP contribution in [-0.4, -0.2) is 40.3 Å². The maximum atomic E-state index is 12.4. The molecule has 1 aliphatic carbocycles. The summed E-state index contributed by atoms with van der Waals surface area (Å²) in [4.78, 5) is 30.7. The van der Waals surface area contributed by atoms with E-state index in [1.54, 1.807) is 12.4 Å². The molecule has 3 fully saturated rings. The Labute approximate surface area is 136 Å². The van der Waals surface area contributed by atoms with E-state index in [0.717, 1.165) is 44.3 Å². The zero-order valence-corrected chi connectivity index (χ0v) is 13.3. The maximum Gasteiger partial charge on any atom is 0.228 e. The third-order valence-corrected chi connectivity index (χ3v) is 5.64. The Kier molecular flexibility index (Phi) is 3.58. The van der Waals surface area contributed by atoms with Crippen molar-refractivity contribution in [3.63, 3.8) is 0 Å². The van der Waals surface area contributed by atoms with Gasteiger partial charge < -0.3 is 10.2 Å². The summed E-state index contributed by atoms with van der Waals surface area (Å²) in [7, 11) is 0. The fraction of sp³-hybridized carbons (Fsp3) is 0.611. The van der Waals surface area contributed by atoms with Crippen molar-refractivity contribution in [2.45, 2.75) is 50.0 Å². The molecule has 0 radical (unpaired) electrons. The van der Waals surface area contributed by atoms with Crippen molar-refractivity contribution in [2.24, 2.45) is 5.92 Å². The summed E-state index contributed by atoms with van der Waals surface area (Å²) >= 11 is 0. The summed E-state index contributed by atoms with van der Waals surface area (Å²) in [6, 6.07) is 3.86. The smallest absolute Gasteiger partial charge is 0.228 e. The van der Waals surface area contributed by atoms with Crippen molar-refractivity contribution < 1.29 is 9.59 Å². The van der Waals surface area contributed by atoms with Crippen LogP contribution >= 0.6 is 0 Å². The molecule has 1 spiro atoms. The van der Waals surface area contributed by atoms with Crippen LogP contribution in [-0.2, 0) is 9.59 Å². The summed E-state index contributed by atoms with van der Waals surface area (Å²) < 4.78 is 0. The number of hydrogen-bond donors (Lipinski definition) is 1. The van der Waals surface area contributed by atoms with E-state index in [1.807, 2.05) is 17.0 Å². The number of piperidine rings is 1. The molecule has 1 N–H and O–H groups in total. The molecule has 2 aliphatic heterocycles. The number of aromatic nitrogens is 1. The van der Waals surface area contributed by atoms with Gasteiger partial charge in [-0.05, 0) is 55.7 Å². The van der Waals surface area contributed by atoms with Crippen molar-refractivity contribution in [2.75, 3.05) is 13.1 Å². The summed E-state index contributed by atoms with van der Waals surface area (Å²) in [6.45, 7) is 1.55. The standard InChI is InChI=1S/C18H23N3O2/c22-16(11-13-1-2-13)21-9-5-18(6-10-21)12-15(17(23)20-18)14-3-7-19-8-4-14/h3-4,7-8,13,15H,1-2,5-6,9-12H2,(H,20,23)/t15-/m0/s1. The minimum absolute atomic E-state index is 0.0771. The summed E-state index contributed by atoms with van der Waals surface area (Å²) in [5.41, 5.74) is 0.920. The lowest BCUT2D eigenvalue weighted by atomic mass is 9.82. The van der Waals surface area contributed by atoms with Gasteiger partial charge in [0, 0.05) is 37.4 Å². The van der Waals surface area contributed by atoms with Gasteiger partial charge in [0.2, 0.25) is 11.8 Å². The molecule has 1 aromatic rings. The van der Waals surface area contributed by atoms with E-state index in [4.69, 9.17) is 0 Å². The molecular formula is C18H23N3O2. The van der Waals surface area contributed by atoms with Crippen LogP contribution in [0.5, 0.6) is 0 Å². The molecule has 3 aliphatic rings. The molecule has 122 valence electrons. The summed E-state index contributed by atoms with van der Waals surface area (Å²) in [5.74, 6) is 0.985. The lowest BCUT2D eigenvalue weighted by Crippen LogP contribution is -2.52. The molecule has 0 aromatic carbocycles. The first kappa shape index (κ1) is 14.7. The molecule has 1 atom stereocenters. The second-order valence-electron chi connectivity index (χ2n) is 7.34. The quantitative estimate of drug-likeness (QED) is 0.926. The Balaban J connectivity index is 1.39. The van der Waals surface area contributed by atoms with Gasteiger partial charge in [-0.3, -0.25) is 14.6 Å². The minimum atomic E-state index is -0.124. The van der Waals surface area contributed by atoms with Crippen LogP contribution in [0.2, 0.25) is 0 Å². The Morgan fingerprint density at radius 1 is 1.26 bits per heavy atom. The van der Waals surface area contributed by atoms with Gasteiger partial charge in [0.05, 0.1) is 5.92 Å². The number of nitrogens with one attached hydrogen (secondary N) is 1. The summed E-state index contributed by atoms with van der Waals surface area (Å²) in [6.07, 6.45) is 9.22. The van der Waals surface area contributed by atoms with Crippen molar-refractivity contribution >= 4 is 11.8 Å². The monoisotopic (exact) mass is 313 g/mol. The Bertz CT molecular complexity index is 604. The average Bonchev–Trinajstić information content (AvgIpc) is 3.32. The Morgan fingerprint density at radius 2 is 1.96 bits per heavy atom. The zero-order valence-electron chi connectivity index (χ0n) is 13.3. The number of hydrogen-bond acceptors (Lipinski definition) is 3. The van der Waals surface area contributed by atoms with Gasteiger partial charge in [-0.2, -0.15) is 0 Å². The van der Waals surface area contributed by atoms with E-state index in [9.17, 15) is 9.59 Å². The lowest BCUT2D eigenvalue weighted by Gasteiger charge is -2.39. The highest BCUT2D eigenvalue weighted by atomic mass is 16.2. The van der Waals surface area contributed by atoms with E-state index < -0.39 is 0 Å². The zero-order chi connectivity index (χ0) is 15.9. The van der Waals surface area contributed by atoms with Crippen molar-refractivity contribution in [3.05, 3.63) is 30.1 Å². The van der Waals surface area contributed by atoms with Crippen molar-refractivity contribution in [3.8, 4) is 0 Å². The largest absolute Gasteiger partial charge is 0.350 e. The number of carbonyl (C=O) groups excluding carboxylic acids is 2. The molecule has 3 heterocycles. The normalized spacial score (nSPS) is 26.3. The van der Waals surface area contributed by atoms with Gasteiger partial charge >= 0.3 is 0 Å². The van der Waals surface area contributed by atoms with Crippen LogP contribution in [0.25, 0.3) is 0 Å². The first-order valence-corrected chi connectivity index (χ1v) is 8.65. The average molecular weight is 313 g/mol. The maximum absolute atomic E-state index is 12.4. The fourth-order valence-electron chi connectivity index (χ4n) is 3.96. The molecular weight excluding hydrogens is 290 g/mol. The van der Waals surface area contributed by atoms with Crippen LogP contribution in [0.4, 0.5) is 0 Å². The second kappa shape index (κ2) is 5.62. The van der Waals surface area contributed by atoms with Crippen LogP contribution in [0.3, 0.4) is 0 Å². The topological polar surface area (TPSA) is 62.3 Å². The van der Waals surface area contributed by atoms with E-state index in [0.29, 0.717) is 11.8 Å². The van der Waals surface area contributed by atoms with Crippen LogP contribution in [0.1, 0.15) is 50.0 Å². The molecule has 4 rings (SSSR count). The molecule has 1 saturated carbocycles. The predicted octanol–water partition coefficient (Wildman–Crippen LogP) is 1.85. The second-order valence-corrected chi connectivity index (χ2v) is 7.34. The van der Waals surface area contributed by atoms with Crippen molar-refractivity contribution in [1.82, 2.24) is 15.2 Å². The highest BCUT2D eigenvalue weighted by Crippen LogP contribution is 2.40. The molecule has 2 saturated heterocycles. The fourth-order valence-corrected chi connectivity index (χ4v) is 3.96. The molecule has 1 aromatic heterocycles. The number of amides is 2. The van der Waals surface area contributed by atoms with Gasteiger partial charge in [0.15, 0.2) is 0 Å². The van der Waals surface area contributed by atoms with E-state index in [2.05, 4.69) is 10.3 Å². The Morgan fingerprint density at radius 3 is 2.61 bits per heavy atom. The van der Waals surface area contributed by atoms with Gasteiger partial charge in [0.1, 0.15) is 0 Å². The van der Waals surface area contributed by atoms with E-state index in [-0.39, 0.29) is 17.4 Å². The van der Waals surface area contributed by atoms with Crippen molar-refractivity contribution in [1.29, 1.82) is 0 Å². The number of likely N-dealkylation sites (tertiary alicyclic amines) is 1. The van der Waals surface area contributed by atoms with Crippen LogP contribution in [0, 0.1) is 5.92 Å². The first-order valence-electron chi connectivity index (χ1n) is 8.65. The molecule has 2 amide bonds. The van der Waals surface area contributed by atoms with E-state index in [1.165, 1.54) is 12.8 Å². The minimum Gasteiger partial charge on any atom is -0.350 e. The van der Waals surface area contributed by atoms with Gasteiger partial charge in [0.25, 0.3) is 0 Å².